The lowest BCUT2D eigenvalue weighted by molar-refractivity contribution is -0.117. The Balaban J connectivity index is 1.70. The molecule has 1 aliphatic carbocycles. The molecule has 124 valence electrons. The van der Waals surface area contributed by atoms with E-state index in [-0.39, 0.29) is 17.9 Å². The van der Waals surface area contributed by atoms with Crippen molar-refractivity contribution in [1.29, 1.82) is 0 Å². The molecule has 0 aromatic heterocycles. The first-order chi connectivity index (χ1) is 11.1. The molecule has 3 atom stereocenters. The quantitative estimate of drug-likeness (QED) is 0.801. The molecule has 5 heteroatoms. The molecule has 2 aliphatic rings. The van der Waals surface area contributed by atoms with E-state index in [2.05, 4.69) is 16.0 Å². The van der Waals surface area contributed by atoms with Gasteiger partial charge in [0.05, 0.1) is 6.04 Å². The summed E-state index contributed by atoms with van der Waals surface area (Å²) in [5.41, 5.74) is 2.11. The zero-order valence-corrected chi connectivity index (χ0v) is 13.8. The van der Waals surface area contributed by atoms with Crippen LogP contribution in [-0.2, 0) is 4.79 Å². The first-order valence-corrected chi connectivity index (χ1v) is 8.48. The summed E-state index contributed by atoms with van der Waals surface area (Å²) < 4.78 is 0. The van der Waals surface area contributed by atoms with Crippen LogP contribution in [0.15, 0.2) is 18.2 Å². The molecule has 2 amide bonds. The smallest absolute Gasteiger partial charge is 0.251 e. The van der Waals surface area contributed by atoms with E-state index in [9.17, 15) is 9.59 Å². The van der Waals surface area contributed by atoms with Gasteiger partial charge in [0.25, 0.3) is 5.91 Å². The molecule has 1 aromatic carbocycles. The molecular formula is C18H25N3O2. The molecule has 0 radical (unpaired) electrons. The number of fused-ring (bicyclic) bond motifs is 1. The van der Waals surface area contributed by atoms with Gasteiger partial charge in [-0.3, -0.25) is 9.59 Å². The Kier molecular flexibility index (Phi) is 4.66. The number of hydrogen-bond acceptors (Lipinski definition) is 3. The fourth-order valence-electron chi connectivity index (χ4n) is 3.89. The molecule has 0 bridgehead atoms. The van der Waals surface area contributed by atoms with Crippen LogP contribution in [0.3, 0.4) is 0 Å². The van der Waals surface area contributed by atoms with E-state index in [1.807, 2.05) is 13.0 Å². The van der Waals surface area contributed by atoms with Crippen LogP contribution in [0.1, 0.15) is 48.0 Å². The third kappa shape index (κ3) is 3.24. The van der Waals surface area contributed by atoms with E-state index in [1.54, 1.807) is 19.2 Å². The Labute approximate surface area is 137 Å². The minimum atomic E-state index is -0.136. The van der Waals surface area contributed by atoms with Crippen molar-refractivity contribution in [3.8, 4) is 0 Å². The van der Waals surface area contributed by atoms with Crippen molar-refractivity contribution >= 4 is 17.5 Å². The Hall–Kier alpha value is -1.88. The number of amides is 2. The van der Waals surface area contributed by atoms with Crippen LogP contribution in [0.25, 0.3) is 0 Å². The van der Waals surface area contributed by atoms with Gasteiger partial charge < -0.3 is 16.0 Å². The molecule has 1 saturated heterocycles. The summed E-state index contributed by atoms with van der Waals surface area (Å²) in [5, 5.41) is 9.12. The van der Waals surface area contributed by atoms with Crippen molar-refractivity contribution in [2.75, 3.05) is 12.4 Å². The number of rotatable bonds is 3. The molecule has 3 N–H and O–H groups in total. The molecule has 3 rings (SSSR count). The van der Waals surface area contributed by atoms with E-state index in [1.165, 1.54) is 25.7 Å². The maximum absolute atomic E-state index is 12.6. The van der Waals surface area contributed by atoms with Crippen LogP contribution < -0.4 is 16.0 Å². The maximum Gasteiger partial charge on any atom is 0.251 e. The van der Waals surface area contributed by atoms with Crippen molar-refractivity contribution < 1.29 is 9.59 Å². The van der Waals surface area contributed by atoms with Gasteiger partial charge in [0.1, 0.15) is 0 Å². The van der Waals surface area contributed by atoms with E-state index in [0.717, 1.165) is 12.0 Å². The number of nitrogens with one attached hydrogen (secondary N) is 3. The zero-order chi connectivity index (χ0) is 16.4. The fourth-order valence-corrected chi connectivity index (χ4v) is 3.89. The highest BCUT2D eigenvalue weighted by Gasteiger charge is 2.38. The predicted molar refractivity (Wildman–Crippen MR) is 90.5 cm³/mol. The van der Waals surface area contributed by atoms with E-state index in [0.29, 0.717) is 23.2 Å². The molecule has 1 saturated carbocycles. The van der Waals surface area contributed by atoms with Crippen molar-refractivity contribution in [3.63, 3.8) is 0 Å². The van der Waals surface area contributed by atoms with Crippen LogP contribution >= 0.6 is 0 Å². The van der Waals surface area contributed by atoms with Gasteiger partial charge in [0.15, 0.2) is 0 Å². The summed E-state index contributed by atoms with van der Waals surface area (Å²) in [6.07, 6.45) is 5.87. The van der Waals surface area contributed by atoms with E-state index >= 15 is 0 Å². The van der Waals surface area contributed by atoms with Crippen molar-refractivity contribution in [2.24, 2.45) is 5.92 Å². The lowest BCUT2D eigenvalue weighted by Crippen LogP contribution is -2.40. The second-order valence-corrected chi connectivity index (χ2v) is 6.65. The summed E-state index contributed by atoms with van der Waals surface area (Å²) in [5.74, 6) is 0.512. The van der Waals surface area contributed by atoms with Gasteiger partial charge in [-0.1, -0.05) is 18.9 Å². The Morgan fingerprint density at radius 1 is 1.22 bits per heavy atom. The minimum absolute atomic E-state index is 0.0107. The summed E-state index contributed by atoms with van der Waals surface area (Å²) in [6.45, 7) is 1.86. The summed E-state index contributed by atoms with van der Waals surface area (Å²) in [7, 11) is 1.61. The predicted octanol–water partition coefficient (Wildman–Crippen LogP) is 2.21. The van der Waals surface area contributed by atoms with Gasteiger partial charge in [-0.2, -0.15) is 0 Å². The molecule has 1 heterocycles. The maximum atomic E-state index is 12.6. The highest BCUT2D eigenvalue weighted by Crippen LogP contribution is 2.33. The lowest BCUT2D eigenvalue weighted by atomic mass is 9.85. The van der Waals surface area contributed by atoms with Gasteiger partial charge in [-0.05, 0) is 49.8 Å². The Morgan fingerprint density at radius 2 is 2.00 bits per heavy atom. The third-order valence-corrected chi connectivity index (χ3v) is 5.24. The standard InChI is InChI=1S/C18H25N3O2/c1-11-13(17(22)19-2)7-5-9-14(11)21-18(23)16-10-12-6-3-4-8-15(12)20-16/h5,7,9,12,15-16,20H,3-4,6,8,10H2,1-2H3,(H,19,22)(H,21,23). The highest BCUT2D eigenvalue weighted by atomic mass is 16.2. The van der Waals surface area contributed by atoms with Gasteiger partial charge in [-0.25, -0.2) is 0 Å². The largest absolute Gasteiger partial charge is 0.355 e. The average molecular weight is 315 g/mol. The first-order valence-electron chi connectivity index (χ1n) is 8.48. The first kappa shape index (κ1) is 16.0. The number of carbonyl (C=O) groups is 2. The highest BCUT2D eigenvalue weighted by molar-refractivity contribution is 6.00. The number of anilines is 1. The summed E-state index contributed by atoms with van der Waals surface area (Å²) in [4.78, 5) is 24.4. The average Bonchev–Trinajstić information content (AvgIpc) is 3.00. The summed E-state index contributed by atoms with van der Waals surface area (Å²) in [6, 6.07) is 5.80. The monoisotopic (exact) mass is 315 g/mol. The van der Waals surface area contributed by atoms with Crippen LogP contribution in [-0.4, -0.2) is 30.9 Å². The number of hydrogen-bond donors (Lipinski definition) is 3. The van der Waals surface area contributed by atoms with Gasteiger partial charge >= 0.3 is 0 Å². The molecular weight excluding hydrogens is 290 g/mol. The molecule has 23 heavy (non-hydrogen) atoms. The number of carbonyl (C=O) groups excluding carboxylic acids is 2. The third-order valence-electron chi connectivity index (χ3n) is 5.24. The second kappa shape index (κ2) is 6.71. The van der Waals surface area contributed by atoms with E-state index < -0.39 is 0 Å². The lowest BCUT2D eigenvalue weighted by Gasteiger charge is -2.24. The van der Waals surface area contributed by atoms with Crippen molar-refractivity contribution in [3.05, 3.63) is 29.3 Å². The summed E-state index contributed by atoms with van der Waals surface area (Å²) >= 11 is 0. The van der Waals surface area contributed by atoms with Crippen LogP contribution in [0.2, 0.25) is 0 Å². The van der Waals surface area contributed by atoms with Crippen molar-refractivity contribution in [2.45, 2.75) is 51.1 Å². The van der Waals surface area contributed by atoms with Gasteiger partial charge in [0.2, 0.25) is 5.91 Å². The molecule has 2 fully saturated rings. The molecule has 1 aromatic rings. The molecule has 0 spiro atoms. The normalized spacial score (nSPS) is 26.4. The molecule has 5 nitrogen and oxygen atoms in total. The SMILES string of the molecule is CNC(=O)c1cccc(NC(=O)C2CC3CCCCC3N2)c1C. The van der Waals surface area contributed by atoms with E-state index in [4.69, 9.17) is 0 Å². The number of benzene rings is 1. The fraction of sp³-hybridized carbons (Fsp3) is 0.556. The molecule has 3 unspecified atom stereocenters. The van der Waals surface area contributed by atoms with Crippen LogP contribution in [0.5, 0.6) is 0 Å². The molecule has 1 aliphatic heterocycles. The minimum Gasteiger partial charge on any atom is -0.355 e. The topological polar surface area (TPSA) is 70.2 Å². The Morgan fingerprint density at radius 3 is 2.74 bits per heavy atom. The van der Waals surface area contributed by atoms with Crippen molar-refractivity contribution in [1.82, 2.24) is 10.6 Å². The van der Waals surface area contributed by atoms with Crippen LogP contribution in [0.4, 0.5) is 5.69 Å². The zero-order valence-electron chi connectivity index (χ0n) is 13.8. The van der Waals surface area contributed by atoms with Gasteiger partial charge in [-0.15, -0.1) is 0 Å². The Bertz CT molecular complexity index is 600. The van der Waals surface area contributed by atoms with Gasteiger partial charge in [0, 0.05) is 24.3 Å². The second-order valence-electron chi connectivity index (χ2n) is 6.65. The van der Waals surface area contributed by atoms with Crippen LogP contribution in [0, 0.1) is 12.8 Å².